The van der Waals surface area contributed by atoms with Gasteiger partial charge in [-0.1, -0.05) is 12.1 Å². The zero-order valence-corrected chi connectivity index (χ0v) is 10.6. The molecule has 1 fully saturated rings. The van der Waals surface area contributed by atoms with E-state index in [1.807, 2.05) is 31.2 Å². The van der Waals surface area contributed by atoms with E-state index >= 15 is 0 Å². The molecule has 3 nitrogen and oxygen atoms in total. The van der Waals surface area contributed by atoms with Crippen LogP contribution in [0.1, 0.15) is 30.2 Å². The van der Waals surface area contributed by atoms with Gasteiger partial charge < -0.3 is 10.4 Å². The van der Waals surface area contributed by atoms with E-state index in [4.69, 9.17) is 0 Å². The molecule has 0 amide bonds. The number of rotatable bonds is 2. The minimum absolute atomic E-state index is 0.195. The fraction of sp³-hybridized carbons (Fsp3) is 0.400. The van der Waals surface area contributed by atoms with Crippen LogP contribution in [0, 0.1) is 6.92 Å². The predicted octanol–water partition coefficient (Wildman–Crippen LogP) is 2.33. The van der Waals surface area contributed by atoms with Crippen LogP contribution in [-0.4, -0.2) is 22.7 Å². The molecular formula is C15H18N2O. The molecule has 3 heteroatoms. The van der Waals surface area contributed by atoms with Gasteiger partial charge in [0.05, 0.1) is 11.6 Å². The van der Waals surface area contributed by atoms with E-state index in [9.17, 15) is 5.11 Å². The average Bonchev–Trinajstić information content (AvgIpc) is 2.91. The van der Waals surface area contributed by atoms with Gasteiger partial charge in [0, 0.05) is 17.1 Å². The summed E-state index contributed by atoms with van der Waals surface area (Å²) in [5.74, 6) is 0. The zero-order chi connectivity index (χ0) is 12.5. The van der Waals surface area contributed by atoms with Gasteiger partial charge in [0.2, 0.25) is 0 Å². The van der Waals surface area contributed by atoms with Crippen molar-refractivity contribution in [2.24, 2.45) is 0 Å². The molecule has 1 aliphatic rings. The predicted molar refractivity (Wildman–Crippen MR) is 72.5 cm³/mol. The first-order chi connectivity index (χ1) is 8.74. The standard InChI is InChI=1S/C15H18N2O/c1-10-4-5-11-9-12(6-7-13(11)17-10)15(18)14-3-2-8-16-14/h4-7,9,14-16,18H,2-3,8H2,1H3. The first-order valence-electron chi connectivity index (χ1n) is 6.53. The number of aliphatic hydroxyl groups is 1. The zero-order valence-electron chi connectivity index (χ0n) is 10.6. The quantitative estimate of drug-likeness (QED) is 0.849. The van der Waals surface area contributed by atoms with Gasteiger partial charge >= 0.3 is 0 Å². The average molecular weight is 242 g/mol. The van der Waals surface area contributed by atoms with Crippen molar-refractivity contribution in [2.75, 3.05) is 6.54 Å². The highest BCUT2D eigenvalue weighted by molar-refractivity contribution is 5.79. The Morgan fingerprint density at radius 2 is 2.22 bits per heavy atom. The summed E-state index contributed by atoms with van der Waals surface area (Å²) >= 11 is 0. The molecule has 94 valence electrons. The number of aryl methyl sites for hydroxylation is 1. The van der Waals surface area contributed by atoms with Crippen molar-refractivity contribution >= 4 is 10.9 Å². The van der Waals surface area contributed by atoms with Gasteiger partial charge in [-0.15, -0.1) is 0 Å². The van der Waals surface area contributed by atoms with Crippen LogP contribution >= 0.6 is 0 Å². The number of aliphatic hydroxyl groups excluding tert-OH is 1. The Bertz CT molecular complexity index is 561. The maximum absolute atomic E-state index is 10.4. The number of fused-ring (bicyclic) bond motifs is 1. The molecule has 2 heterocycles. The van der Waals surface area contributed by atoms with Crippen molar-refractivity contribution in [1.82, 2.24) is 10.3 Å². The Hall–Kier alpha value is -1.45. The second-order valence-electron chi connectivity index (χ2n) is 5.05. The van der Waals surface area contributed by atoms with Crippen molar-refractivity contribution in [3.8, 4) is 0 Å². The lowest BCUT2D eigenvalue weighted by molar-refractivity contribution is 0.137. The van der Waals surface area contributed by atoms with Gasteiger partial charge in [0.1, 0.15) is 0 Å². The van der Waals surface area contributed by atoms with E-state index in [1.165, 1.54) is 0 Å². The van der Waals surface area contributed by atoms with Crippen LogP contribution in [0.15, 0.2) is 30.3 Å². The third-order valence-electron chi connectivity index (χ3n) is 3.67. The molecule has 1 aromatic heterocycles. The highest BCUT2D eigenvalue weighted by Crippen LogP contribution is 2.25. The van der Waals surface area contributed by atoms with Crippen molar-refractivity contribution in [1.29, 1.82) is 0 Å². The summed E-state index contributed by atoms with van der Waals surface area (Å²) < 4.78 is 0. The van der Waals surface area contributed by atoms with E-state index in [-0.39, 0.29) is 6.04 Å². The van der Waals surface area contributed by atoms with Gasteiger partial charge in [-0.2, -0.15) is 0 Å². The van der Waals surface area contributed by atoms with Gasteiger partial charge in [-0.05, 0) is 50.1 Å². The number of pyridine rings is 1. The maximum atomic E-state index is 10.4. The van der Waals surface area contributed by atoms with Crippen molar-refractivity contribution in [2.45, 2.75) is 31.9 Å². The lowest BCUT2D eigenvalue weighted by Crippen LogP contribution is -2.28. The van der Waals surface area contributed by atoms with Gasteiger partial charge in [-0.3, -0.25) is 4.98 Å². The van der Waals surface area contributed by atoms with Crippen molar-refractivity contribution in [3.05, 3.63) is 41.6 Å². The van der Waals surface area contributed by atoms with Gasteiger partial charge in [0.25, 0.3) is 0 Å². The Morgan fingerprint density at radius 3 is 3.00 bits per heavy atom. The summed E-state index contributed by atoms with van der Waals surface area (Å²) in [6, 6.07) is 10.3. The van der Waals surface area contributed by atoms with Crippen molar-refractivity contribution in [3.63, 3.8) is 0 Å². The molecule has 0 saturated carbocycles. The normalized spacial score (nSPS) is 21.3. The number of nitrogens with one attached hydrogen (secondary N) is 1. The smallest absolute Gasteiger partial charge is 0.0943 e. The van der Waals surface area contributed by atoms with Crippen LogP contribution in [0.25, 0.3) is 10.9 Å². The van der Waals surface area contributed by atoms with E-state index < -0.39 is 6.10 Å². The molecule has 3 rings (SSSR count). The molecule has 0 spiro atoms. The SMILES string of the molecule is Cc1ccc2cc(C(O)C3CCCN3)ccc2n1. The number of nitrogens with zero attached hydrogens (tertiary/aromatic N) is 1. The third-order valence-corrected chi connectivity index (χ3v) is 3.67. The maximum Gasteiger partial charge on any atom is 0.0943 e. The van der Waals surface area contributed by atoms with E-state index in [1.54, 1.807) is 0 Å². The number of hydrogen-bond acceptors (Lipinski definition) is 3. The molecule has 2 atom stereocenters. The summed E-state index contributed by atoms with van der Waals surface area (Å²) in [4.78, 5) is 4.48. The summed E-state index contributed by atoms with van der Waals surface area (Å²) in [5.41, 5.74) is 2.99. The highest BCUT2D eigenvalue weighted by atomic mass is 16.3. The molecule has 1 saturated heterocycles. The molecule has 2 N–H and O–H groups in total. The van der Waals surface area contributed by atoms with Crippen LogP contribution in [0.5, 0.6) is 0 Å². The van der Waals surface area contributed by atoms with E-state index in [0.29, 0.717) is 0 Å². The minimum Gasteiger partial charge on any atom is -0.387 e. The Labute approximate surface area is 107 Å². The molecule has 1 aromatic carbocycles. The first kappa shape index (κ1) is 11.6. The number of benzene rings is 1. The molecule has 2 unspecified atom stereocenters. The second-order valence-corrected chi connectivity index (χ2v) is 5.05. The van der Waals surface area contributed by atoms with Crippen LogP contribution in [-0.2, 0) is 0 Å². The fourth-order valence-corrected chi connectivity index (χ4v) is 2.64. The first-order valence-corrected chi connectivity index (χ1v) is 6.53. The number of hydrogen-bond donors (Lipinski definition) is 2. The van der Waals surface area contributed by atoms with Gasteiger partial charge in [-0.25, -0.2) is 0 Å². The minimum atomic E-state index is -0.418. The molecule has 0 aliphatic carbocycles. The van der Waals surface area contributed by atoms with Crippen LogP contribution in [0.2, 0.25) is 0 Å². The number of aromatic nitrogens is 1. The topological polar surface area (TPSA) is 45.1 Å². The van der Waals surface area contributed by atoms with E-state index in [2.05, 4.69) is 16.4 Å². The second kappa shape index (κ2) is 4.67. The van der Waals surface area contributed by atoms with Crippen LogP contribution in [0.3, 0.4) is 0 Å². The van der Waals surface area contributed by atoms with Gasteiger partial charge in [0.15, 0.2) is 0 Å². The molecule has 18 heavy (non-hydrogen) atoms. The lowest BCUT2D eigenvalue weighted by atomic mass is 9.99. The Morgan fingerprint density at radius 1 is 1.33 bits per heavy atom. The fourth-order valence-electron chi connectivity index (χ4n) is 2.64. The molecular weight excluding hydrogens is 224 g/mol. The monoisotopic (exact) mass is 242 g/mol. The molecule has 0 bridgehead atoms. The largest absolute Gasteiger partial charge is 0.387 e. The lowest BCUT2D eigenvalue weighted by Gasteiger charge is -2.19. The van der Waals surface area contributed by atoms with Crippen molar-refractivity contribution < 1.29 is 5.11 Å². The van der Waals surface area contributed by atoms with Crippen LogP contribution in [0.4, 0.5) is 0 Å². The highest BCUT2D eigenvalue weighted by Gasteiger charge is 2.23. The Kier molecular flexibility index (Phi) is 3.02. The summed E-state index contributed by atoms with van der Waals surface area (Å²) in [5, 5.41) is 14.8. The summed E-state index contributed by atoms with van der Waals surface area (Å²) in [6.45, 7) is 3.00. The summed E-state index contributed by atoms with van der Waals surface area (Å²) in [7, 11) is 0. The van der Waals surface area contributed by atoms with E-state index in [0.717, 1.165) is 41.5 Å². The Balaban J connectivity index is 1.94. The summed E-state index contributed by atoms with van der Waals surface area (Å²) in [6.07, 6.45) is 1.78. The molecule has 1 aliphatic heterocycles. The third kappa shape index (κ3) is 2.11. The molecule has 0 radical (unpaired) electrons. The molecule has 2 aromatic rings. The van der Waals surface area contributed by atoms with Crippen LogP contribution < -0.4 is 5.32 Å².